The minimum absolute atomic E-state index is 0.0407. The number of benzene rings is 6. The molecule has 10 rings (SSSR count). The number of aromatic carboxylic acids is 2. The number of hydrogen-bond acceptors (Lipinski definition) is 14. The second kappa shape index (κ2) is 21.6. The van der Waals surface area contributed by atoms with Gasteiger partial charge in [0.2, 0.25) is 0 Å². The van der Waals surface area contributed by atoms with Crippen molar-refractivity contribution >= 4 is 89.0 Å². The van der Waals surface area contributed by atoms with E-state index in [2.05, 4.69) is 19.9 Å². The SMILES string of the molecule is CCOCc1nc2c(N)nc3ccccc3c2n1CC(C)(C)O.CCOCc1nc2c(N)nc3ccccc3c2n1CC(C)(C)O.O=C(O)c1cc2ccccc2c(Cc2c(O)c(C(=O)O)cc3ccccc23)c1O. The summed E-state index contributed by atoms with van der Waals surface area (Å²) in [6, 6.07) is 32.4. The molecule has 0 atom stereocenters. The van der Waals surface area contributed by atoms with E-state index in [4.69, 9.17) is 20.9 Å². The number of imidazole rings is 2. The Labute approximate surface area is 431 Å². The number of carboxylic acids is 2. The second-order valence-electron chi connectivity index (χ2n) is 19.3. The van der Waals surface area contributed by atoms with E-state index in [9.17, 15) is 40.2 Å². The van der Waals surface area contributed by atoms with Gasteiger partial charge >= 0.3 is 11.9 Å². The summed E-state index contributed by atoms with van der Waals surface area (Å²) in [7, 11) is 0. The van der Waals surface area contributed by atoms with E-state index in [0.717, 1.165) is 44.5 Å². The van der Waals surface area contributed by atoms with Crippen molar-refractivity contribution in [2.24, 2.45) is 0 Å². The van der Waals surface area contributed by atoms with Crippen molar-refractivity contribution in [3.8, 4) is 11.5 Å². The van der Waals surface area contributed by atoms with Crippen molar-refractivity contribution in [1.29, 1.82) is 0 Å². The van der Waals surface area contributed by atoms with Crippen LogP contribution in [0.25, 0.3) is 65.4 Å². The monoisotopic (exact) mass is 1020 g/mol. The predicted molar refractivity (Wildman–Crippen MR) is 290 cm³/mol. The molecule has 18 nitrogen and oxygen atoms in total. The van der Waals surface area contributed by atoms with E-state index in [1.165, 1.54) is 12.1 Å². The number of rotatable bonds is 14. The molecule has 0 fully saturated rings. The summed E-state index contributed by atoms with van der Waals surface area (Å²) in [5.41, 5.74) is 15.3. The van der Waals surface area contributed by atoms with E-state index in [-0.39, 0.29) is 17.5 Å². The van der Waals surface area contributed by atoms with E-state index in [0.29, 0.717) is 94.9 Å². The highest BCUT2D eigenvalue weighted by atomic mass is 16.5. The molecule has 0 unspecified atom stereocenters. The van der Waals surface area contributed by atoms with Gasteiger partial charge in [0.1, 0.15) is 58.5 Å². The number of hydrogen-bond donors (Lipinski definition) is 8. The van der Waals surface area contributed by atoms with Crippen LogP contribution in [0.3, 0.4) is 0 Å². The maximum absolute atomic E-state index is 11.6. The summed E-state index contributed by atoms with van der Waals surface area (Å²) in [4.78, 5) is 41.3. The topological polar surface area (TPSA) is 287 Å². The Kier molecular flexibility index (Phi) is 15.2. The molecule has 0 aliphatic rings. The van der Waals surface area contributed by atoms with E-state index < -0.39 is 34.6 Å². The molecule has 4 heterocycles. The lowest BCUT2D eigenvalue weighted by Crippen LogP contribution is -2.27. The molecule has 0 bridgehead atoms. The van der Waals surface area contributed by atoms with Gasteiger partial charge in [-0.15, -0.1) is 0 Å². The normalized spacial score (nSPS) is 11.8. The Bertz CT molecular complexity index is 3540. The highest BCUT2D eigenvalue weighted by Gasteiger charge is 2.26. The van der Waals surface area contributed by atoms with E-state index in [1.54, 1.807) is 76.2 Å². The quantitative estimate of drug-likeness (QED) is 0.0503. The van der Waals surface area contributed by atoms with Crippen molar-refractivity contribution in [1.82, 2.24) is 29.1 Å². The van der Waals surface area contributed by atoms with Crippen molar-refractivity contribution in [2.45, 2.75) is 85.5 Å². The van der Waals surface area contributed by atoms with Gasteiger partial charge in [0.25, 0.3) is 0 Å². The van der Waals surface area contributed by atoms with Gasteiger partial charge in [-0.3, -0.25) is 0 Å². The Morgan fingerprint density at radius 3 is 1.24 bits per heavy atom. The van der Waals surface area contributed by atoms with E-state index in [1.807, 2.05) is 71.5 Å². The number of para-hydroxylation sites is 2. The average molecular weight is 1020 g/mol. The molecule has 6 aromatic carbocycles. The molecule has 75 heavy (non-hydrogen) atoms. The minimum atomic E-state index is -1.28. The minimum Gasteiger partial charge on any atom is -0.507 e. The average Bonchev–Trinajstić information content (AvgIpc) is 3.92. The molecule has 10 N–H and O–H groups in total. The Morgan fingerprint density at radius 2 is 0.893 bits per heavy atom. The summed E-state index contributed by atoms with van der Waals surface area (Å²) in [5.74, 6) is -1.08. The van der Waals surface area contributed by atoms with Crippen LogP contribution >= 0.6 is 0 Å². The molecule has 0 radical (unpaired) electrons. The number of carboxylic acid groups (broad SMARTS) is 2. The van der Waals surface area contributed by atoms with Crippen LogP contribution in [0.1, 0.15) is 85.0 Å². The van der Waals surface area contributed by atoms with Crippen LogP contribution < -0.4 is 11.5 Å². The number of aromatic nitrogens is 6. The number of nitrogen functional groups attached to an aromatic ring is 2. The van der Waals surface area contributed by atoms with Gasteiger partial charge in [-0.25, -0.2) is 29.5 Å². The first-order chi connectivity index (χ1) is 35.7. The lowest BCUT2D eigenvalue weighted by atomic mass is 9.90. The standard InChI is InChI=1S/C23H16O6.2C17H22N4O2/c24-20-16(14-7-3-1-5-12(14)9-18(20)22(26)27)11-17-15-8-4-2-6-13(15)10-19(21(17)25)23(28)29;2*1-4-23-9-13-20-14-15(21(13)10-17(2,3)22)11-7-5-6-8-12(11)19-16(14)18/h1-10,24-25H,11H2,(H,26,27)(H,28,29);2*5-8,22H,4,9-10H2,1-3H3,(H2,18,19). The fraction of sp³-hybridized carbons (Fsp3) is 0.263. The van der Waals surface area contributed by atoms with Gasteiger partial charge in [0.15, 0.2) is 11.6 Å². The van der Waals surface area contributed by atoms with E-state index >= 15 is 0 Å². The van der Waals surface area contributed by atoms with Crippen molar-refractivity contribution < 1.29 is 49.7 Å². The van der Waals surface area contributed by atoms with Gasteiger partial charge in [-0.2, -0.15) is 0 Å². The lowest BCUT2D eigenvalue weighted by Gasteiger charge is -2.20. The molecule has 0 amide bonds. The molecule has 0 saturated carbocycles. The first-order valence-corrected chi connectivity index (χ1v) is 24.3. The Morgan fingerprint density at radius 1 is 0.547 bits per heavy atom. The van der Waals surface area contributed by atoms with Crippen LogP contribution in [0, 0.1) is 0 Å². The molecular weight excluding hydrogens is 957 g/mol. The number of phenols is 2. The first kappa shape index (κ1) is 52.9. The maximum Gasteiger partial charge on any atom is 0.339 e. The summed E-state index contributed by atoms with van der Waals surface area (Å²) in [5, 5.41) is 65.3. The van der Waals surface area contributed by atoms with Crippen LogP contribution in [0.4, 0.5) is 11.6 Å². The van der Waals surface area contributed by atoms with Gasteiger partial charge in [0.05, 0.1) is 46.4 Å². The van der Waals surface area contributed by atoms with Crippen molar-refractivity contribution in [3.63, 3.8) is 0 Å². The highest BCUT2D eigenvalue weighted by molar-refractivity contribution is 6.08. The van der Waals surface area contributed by atoms with Gasteiger partial charge in [0, 0.05) is 41.5 Å². The molecule has 0 spiro atoms. The van der Waals surface area contributed by atoms with Crippen molar-refractivity contribution in [3.05, 3.63) is 143 Å². The fourth-order valence-corrected chi connectivity index (χ4v) is 9.22. The zero-order valence-corrected chi connectivity index (χ0v) is 42.5. The number of fused-ring (bicyclic) bond motifs is 8. The number of carbonyl (C=O) groups is 2. The molecule has 0 saturated heterocycles. The molecule has 0 aliphatic carbocycles. The van der Waals surface area contributed by atoms with Gasteiger partial charge in [-0.05, 0) is 87.4 Å². The van der Waals surface area contributed by atoms with Crippen LogP contribution in [0.15, 0.2) is 109 Å². The van der Waals surface area contributed by atoms with Crippen LogP contribution in [-0.2, 0) is 42.2 Å². The molecule has 10 aromatic rings. The van der Waals surface area contributed by atoms with Crippen LogP contribution in [0.2, 0.25) is 0 Å². The Balaban J connectivity index is 0.000000151. The number of ether oxygens (including phenoxy) is 2. The molecule has 4 aromatic heterocycles. The number of nitrogens with two attached hydrogens (primary N) is 2. The van der Waals surface area contributed by atoms with Gasteiger partial charge < -0.3 is 60.7 Å². The number of aliphatic hydroxyl groups is 2. The predicted octanol–water partition coefficient (Wildman–Crippen LogP) is 9.34. The molecule has 0 aliphatic heterocycles. The first-order valence-electron chi connectivity index (χ1n) is 24.3. The highest BCUT2D eigenvalue weighted by Crippen LogP contribution is 2.39. The van der Waals surface area contributed by atoms with Crippen molar-refractivity contribution in [2.75, 3.05) is 24.7 Å². The van der Waals surface area contributed by atoms with Gasteiger partial charge in [-0.1, -0.05) is 84.9 Å². The third kappa shape index (κ3) is 11.2. The molecular formula is C57H60N8O10. The number of pyridine rings is 2. The zero-order valence-electron chi connectivity index (χ0n) is 42.5. The third-order valence-corrected chi connectivity index (χ3v) is 12.4. The maximum atomic E-state index is 11.6. The molecule has 388 valence electrons. The summed E-state index contributed by atoms with van der Waals surface area (Å²) >= 11 is 0. The second-order valence-corrected chi connectivity index (χ2v) is 19.3. The lowest BCUT2D eigenvalue weighted by molar-refractivity contribution is 0.0576. The number of aromatic hydroxyl groups is 2. The van der Waals surface area contributed by atoms with Crippen LogP contribution in [-0.4, -0.2) is 96.1 Å². The zero-order chi connectivity index (χ0) is 53.9. The third-order valence-electron chi connectivity index (χ3n) is 12.4. The summed E-state index contributed by atoms with van der Waals surface area (Å²) < 4.78 is 15.0. The smallest absolute Gasteiger partial charge is 0.339 e. The summed E-state index contributed by atoms with van der Waals surface area (Å²) in [6.07, 6.45) is -0.0407. The fourth-order valence-electron chi connectivity index (χ4n) is 9.22. The largest absolute Gasteiger partial charge is 0.507 e. The summed E-state index contributed by atoms with van der Waals surface area (Å²) in [6.45, 7) is 13.7. The molecule has 18 heteroatoms. The Hall–Kier alpha value is -8.42. The number of nitrogens with zero attached hydrogens (tertiary/aromatic N) is 6. The number of anilines is 2. The van der Waals surface area contributed by atoms with Crippen LogP contribution in [0.5, 0.6) is 11.5 Å².